The summed E-state index contributed by atoms with van der Waals surface area (Å²) in [7, 11) is 2.86. The molecule has 0 unspecified atom stereocenters. The molecule has 1 aliphatic heterocycles. The summed E-state index contributed by atoms with van der Waals surface area (Å²) in [5.74, 6) is -0.858. The number of ether oxygens (including phenoxy) is 2. The molecule has 1 heterocycles. The fourth-order valence-electron chi connectivity index (χ4n) is 2.79. The van der Waals surface area contributed by atoms with Crippen molar-refractivity contribution in [2.24, 2.45) is 0 Å². The largest absolute Gasteiger partial charge is 0.467 e. The molecule has 1 aromatic rings. The van der Waals surface area contributed by atoms with E-state index in [-0.39, 0.29) is 24.2 Å². The van der Waals surface area contributed by atoms with Gasteiger partial charge in [0.2, 0.25) is 5.91 Å². The third kappa shape index (κ3) is 4.07. The van der Waals surface area contributed by atoms with Gasteiger partial charge in [-0.1, -0.05) is 12.1 Å². The van der Waals surface area contributed by atoms with E-state index in [2.05, 4.69) is 0 Å². The molecule has 6 heteroatoms. The van der Waals surface area contributed by atoms with E-state index in [4.69, 9.17) is 9.47 Å². The van der Waals surface area contributed by atoms with Crippen LogP contribution in [0.2, 0.25) is 0 Å². The lowest BCUT2D eigenvalue weighted by molar-refractivity contribution is -0.150. The third-order valence-electron chi connectivity index (χ3n) is 4.25. The van der Waals surface area contributed by atoms with Gasteiger partial charge >= 0.3 is 5.97 Å². The Bertz CT molecular complexity index is 590. The number of benzene rings is 1. The summed E-state index contributed by atoms with van der Waals surface area (Å²) in [4.78, 5) is 25.8. The Morgan fingerprint density at radius 3 is 2.70 bits per heavy atom. The van der Waals surface area contributed by atoms with Gasteiger partial charge in [0.15, 0.2) is 0 Å². The van der Waals surface area contributed by atoms with E-state index in [1.807, 2.05) is 6.07 Å². The maximum absolute atomic E-state index is 13.5. The van der Waals surface area contributed by atoms with Gasteiger partial charge in [0.25, 0.3) is 0 Å². The molecule has 1 fully saturated rings. The minimum Gasteiger partial charge on any atom is -0.467 e. The Morgan fingerprint density at radius 1 is 1.35 bits per heavy atom. The minimum atomic E-state index is -0.604. The van der Waals surface area contributed by atoms with Crippen molar-refractivity contribution >= 4 is 11.9 Å². The topological polar surface area (TPSA) is 55.8 Å². The summed E-state index contributed by atoms with van der Waals surface area (Å²) in [6.07, 6.45) is 0.915. The van der Waals surface area contributed by atoms with Crippen LogP contribution in [0.4, 0.5) is 4.39 Å². The van der Waals surface area contributed by atoms with E-state index < -0.39 is 12.0 Å². The molecular formula is C17H22FNO4. The second kappa shape index (κ2) is 7.55. The fraction of sp³-hybridized carbons (Fsp3) is 0.529. The van der Waals surface area contributed by atoms with Crippen LogP contribution >= 0.6 is 0 Å². The van der Waals surface area contributed by atoms with E-state index in [0.717, 1.165) is 5.56 Å². The number of amides is 1. The Morgan fingerprint density at radius 2 is 2.09 bits per heavy atom. The molecule has 1 aromatic carbocycles. The van der Waals surface area contributed by atoms with Crippen molar-refractivity contribution < 1.29 is 23.5 Å². The van der Waals surface area contributed by atoms with Crippen LogP contribution in [0.25, 0.3) is 0 Å². The average Bonchev–Trinajstić information content (AvgIpc) is 2.99. The number of hydrogen-bond donors (Lipinski definition) is 0. The molecular weight excluding hydrogens is 301 g/mol. The van der Waals surface area contributed by atoms with Crippen LogP contribution in [0.5, 0.6) is 0 Å². The highest BCUT2D eigenvalue weighted by molar-refractivity contribution is 5.85. The van der Waals surface area contributed by atoms with Crippen molar-refractivity contribution in [3.8, 4) is 0 Å². The summed E-state index contributed by atoms with van der Waals surface area (Å²) >= 11 is 0. The molecule has 2 atom stereocenters. The number of aryl methyl sites for hydroxylation is 2. The Hall–Kier alpha value is -1.95. The number of methoxy groups -OCH3 is 2. The SMILES string of the molecule is COC(=O)[C@H]1C[C@@H](OC)CN1C(=O)CCc1ccc(C)c(F)c1. The number of carbonyl (C=O) groups is 2. The molecule has 0 bridgehead atoms. The van der Waals surface area contributed by atoms with Crippen LogP contribution in [0.15, 0.2) is 18.2 Å². The van der Waals surface area contributed by atoms with Crippen molar-refractivity contribution in [2.75, 3.05) is 20.8 Å². The van der Waals surface area contributed by atoms with Crippen molar-refractivity contribution in [2.45, 2.75) is 38.3 Å². The zero-order valence-corrected chi connectivity index (χ0v) is 13.7. The van der Waals surface area contributed by atoms with Gasteiger partial charge in [0.05, 0.1) is 13.2 Å². The Kier molecular flexibility index (Phi) is 5.71. The molecule has 126 valence electrons. The number of rotatable bonds is 5. The number of likely N-dealkylation sites (tertiary alicyclic amines) is 1. The molecule has 0 N–H and O–H groups in total. The first-order valence-electron chi connectivity index (χ1n) is 7.61. The highest BCUT2D eigenvalue weighted by atomic mass is 19.1. The lowest BCUT2D eigenvalue weighted by Crippen LogP contribution is -2.41. The first-order chi connectivity index (χ1) is 11.0. The van der Waals surface area contributed by atoms with Gasteiger partial charge in [-0.2, -0.15) is 0 Å². The van der Waals surface area contributed by atoms with Gasteiger partial charge in [-0.25, -0.2) is 9.18 Å². The maximum atomic E-state index is 13.5. The maximum Gasteiger partial charge on any atom is 0.328 e. The highest BCUT2D eigenvalue weighted by Crippen LogP contribution is 2.22. The molecule has 5 nitrogen and oxygen atoms in total. The van der Waals surface area contributed by atoms with Gasteiger partial charge in [-0.15, -0.1) is 0 Å². The van der Waals surface area contributed by atoms with E-state index in [1.165, 1.54) is 18.1 Å². The summed E-state index contributed by atoms with van der Waals surface area (Å²) < 4.78 is 23.6. The van der Waals surface area contributed by atoms with Crippen molar-refractivity contribution in [1.29, 1.82) is 0 Å². The normalized spacial score (nSPS) is 20.6. The summed E-state index contributed by atoms with van der Waals surface area (Å²) in [6.45, 7) is 2.07. The summed E-state index contributed by atoms with van der Waals surface area (Å²) in [5.41, 5.74) is 1.34. The second-order valence-corrected chi connectivity index (χ2v) is 5.76. The second-order valence-electron chi connectivity index (χ2n) is 5.76. The zero-order valence-electron chi connectivity index (χ0n) is 13.7. The molecule has 0 aliphatic carbocycles. The number of halogens is 1. The number of esters is 1. The Balaban J connectivity index is 2.00. The van der Waals surface area contributed by atoms with E-state index in [0.29, 0.717) is 24.9 Å². The quantitative estimate of drug-likeness (QED) is 0.776. The van der Waals surface area contributed by atoms with Crippen molar-refractivity contribution in [3.05, 3.63) is 35.1 Å². The fourth-order valence-corrected chi connectivity index (χ4v) is 2.79. The molecule has 0 aromatic heterocycles. The minimum absolute atomic E-state index is 0.152. The lowest BCUT2D eigenvalue weighted by Gasteiger charge is -2.22. The molecule has 1 saturated heterocycles. The molecule has 1 amide bonds. The smallest absolute Gasteiger partial charge is 0.328 e. The summed E-state index contributed by atoms with van der Waals surface area (Å²) in [6, 6.07) is 4.35. The first-order valence-corrected chi connectivity index (χ1v) is 7.61. The predicted molar refractivity (Wildman–Crippen MR) is 82.4 cm³/mol. The van der Waals surface area contributed by atoms with Crippen LogP contribution in [0.3, 0.4) is 0 Å². The molecule has 23 heavy (non-hydrogen) atoms. The van der Waals surface area contributed by atoms with E-state index >= 15 is 0 Å². The number of hydrogen-bond acceptors (Lipinski definition) is 4. The van der Waals surface area contributed by atoms with Crippen LogP contribution in [-0.2, 0) is 25.5 Å². The monoisotopic (exact) mass is 323 g/mol. The van der Waals surface area contributed by atoms with Crippen LogP contribution in [-0.4, -0.2) is 49.7 Å². The standard InChI is InChI=1S/C17H22FNO4/c1-11-4-5-12(8-14(11)18)6-7-16(20)19-10-13(22-2)9-15(19)17(21)23-3/h4-5,8,13,15H,6-7,9-10H2,1-3H3/t13-,15-/m1/s1. The number of carbonyl (C=O) groups excluding carboxylic acids is 2. The molecule has 0 radical (unpaired) electrons. The van der Waals surface area contributed by atoms with Gasteiger partial charge in [0.1, 0.15) is 11.9 Å². The van der Waals surface area contributed by atoms with Gasteiger partial charge in [-0.05, 0) is 30.5 Å². The predicted octanol–water partition coefficient (Wildman–Crippen LogP) is 1.86. The highest BCUT2D eigenvalue weighted by Gasteiger charge is 2.40. The van der Waals surface area contributed by atoms with Crippen LogP contribution < -0.4 is 0 Å². The lowest BCUT2D eigenvalue weighted by atomic mass is 10.1. The first kappa shape index (κ1) is 17.4. The Labute approximate surface area is 135 Å². The van der Waals surface area contributed by atoms with Crippen LogP contribution in [0, 0.1) is 12.7 Å². The van der Waals surface area contributed by atoms with E-state index in [9.17, 15) is 14.0 Å². The van der Waals surface area contributed by atoms with Gasteiger partial charge < -0.3 is 14.4 Å². The van der Waals surface area contributed by atoms with Gasteiger partial charge in [0, 0.05) is 26.5 Å². The number of nitrogens with zero attached hydrogens (tertiary/aromatic N) is 1. The van der Waals surface area contributed by atoms with E-state index in [1.54, 1.807) is 20.1 Å². The molecule has 1 aliphatic rings. The molecule has 0 spiro atoms. The van der Waals surface area contributed by atoms with Crippen molar-refractivity contribution in [3.63, 3.8) is 0 Å². The molecule has 0 saturated carbocycles. The third-order valence-corrected chi connectivity index (χ3v) is 4.25. The summed E-state index contributed by atoms with van der Waals surface area (Å²) in [5, 5.41) is 0. The zero-order chi connectivity index (χ0) is 17.0. The average molecular weight is 323 g/mol. The van der Waals surface area contributed by atoms with Crippen molar-refractivity contribution in [1.82, 2.24) is 4.90 Å². The van der Waals surface area contributed by atoms with Gasteiger partial charge in [-0.3, -0.25) is 4.79 Å². The molecule has 2 rings (SSSR count). The van der Waals surface area contributed by atoms with Crippen LogP contribution in [0.1, 0.15) is 24.0 Å².